The Hall–Kier alpha value is -2.26. The molecule has 4 heteroatoms. The second kappa shape index (κ2) is 8.83. The van der Waals surface area contributed by atoms with Crippen LogP contribution in [0.25, 0.3) is 10.9 Å². The lowest BCUT2D eigenvalue weighted by Gasteiger charge is -2.06. The topological polar surface area (TPSA) is 17.0 Å². The summed E-state index contributed by atoms with van der Waals surface area (Å²) in [6.07, 6.45) is 3.25. The van der Waals surface area contributed by atoms with Crippen molar-refractivity contribution >= 4 is 34.1 Å². The predicted octanol–water partition coefficient (Wildman–Crippen LogP) is 6.33. The molecule has 0 amide bonds. The number of hydrogen-bond acceptors (Lipinski definition) is 1. The Bertz CT molecular complexity index is 1050. The first-order chi connectivity index (χ1) is 13.7. The third-order valence-corrected chi connectivity index (χ3v) is 5.46. The summed E-state index contributed by atoms with van der Waals surface area (Å²) < 4.78 is 2.31. The molecule has 0 radical (unpaired) electrons. The van der Waals surface area contributed by atoms with E-state index in [9.17, 15) is 0 Å². The monoisotopic (exact) mass is 408 g/mol. The summed E-state index contributed by atoms with van der Waals surface area (Å²) in [5, 5.41) is 6.43. The van der Waals surface area contributed by atoms with Crippen molar-refractivity contribution in [2.75, 3.05) is 6.54 Å². The van der Waals surface area contributed by atoms with Crippen LogP contribution in [0.15, 0.2) is 79.0 Å². The van der Waals surface area contributed by atoms with Crippen molar-refractivity contribution in [1.82, 2.24) is 9.88 Å². The van der Waals surface area contributed by atoms with Crippen LogP contribution < -0.4 is 5.32 Å². The van der Waals surface area contributed by atoms with E-state index in [1.54, 1.807) is 0 Å². The summed E-state index contributed by atoms with van der Waals surface area (Å²) in [7, 11) is 0. The van der Waals surface area contributed by atoms with E-state index in [0.717, 1.165) is 36.1 Å². The quantitative estimate of drug-likeness (QED) is 0.353. The summed E-state index contributed by atoms with van der Waals surface area (Å²) in [5.74, 6) is 0. The van der Waals surface area contributed by atoms with Crippen molar-refractivity contribution < 1.29 is 0 Å². The number of hydrogen-bond donors (Lipinski definition) is 1. The van der Waals surface area contributed by atoms with Crippen LogP contribution in [-0.4, -0.2) is 11.1 Å². The highest BCUT2D eigenvalue weighted by Gasteiger charge is 2.08. The van der Waals surface area contributed by atoms with Crippen LogP contribution in [0, 0.1) is 0 Å². The molecule has 0 aliphatic rings. The van der Waals surface area contributed by atoms with Gasteiger partial charge in [0.2, 0.25) is 0 Å². The summed E-state index contributed by atoms with van der Waals surface area (Å²) in [5.41, 5.74) is 5.11. The number of para-hydroxylation sites is 1. The van der Waals surface area contributed by atoms with Crippen LogP contribution in [-0.2, 0) is 19.5 Å². The van der Waals surface area contributed by atoms with Crippen molar-refractivity contribution in [1.29, 1.82) is 0 Å². The standard InChI is InChI=1S/C24H22Cl2N2/c25-21-9-5-18(6-10-21)13-14-27-15-20-17-28(24-4-2-1-3-23(20)24)16-19-7-11-22(26)12-8-19/h1-12,17,27H,13-16H2. The fourth-order valence-corrected chi connectivity index (χ4v) is 3.74. The second-order valence-electron chi connectivity index (χ2n) is 6.98. The normalized spacial score (nSPS) is 11.2. The van der Waals surface area contributed by atoms with E-state index >= 15 is 0 Å². The van der Waals surface area contributed by atoms with Gasteiger partial charge in [-0.05, 0) is 60.0 Å². The molecular formula is C24H22Cl2N2. The second-order valence-corrected chi connectivity index (χ2v) is 7.85. The van der Waals surface area contributed by atoms with E-state index in [2.05, 4.69) is 64.6 Å². The number of benzene rings is 3. The van der Waals surface area contributed by atoms with Crippen LogP contribution in [0.4, 0.5) is 0 Å². The van der Waals surface area contributed by atoms with E-state index in [1.807, 2.05) is 24.3 Å². The summed E-state index contributed by atoms with van der Waals surface area (Å²) >= 11 is 12.0. The number of aromatic nitrogens is 1. The van der Waals surface area contributed by atoms with Crippen LogP contribution in [0.3, 0.4) is 0 Å². The zero-order valence-electron chi connectivity index (χ0n) is 15.5. The third kappa shape index (κ3) is 4.59. The van der Waals surface area contributed by atoms with E-state index in [1.165, 1.54) is 27.6 Å². The number of fused-ring (bicyclic) bond motifs is 1. The van der Waals surface area contributed by atoms with Crippen LogP contribution >= 0.6 is 23.2 Å². The number of rotatable bonds is 7. The highest BCUT2D eigenvalue weighted by Crippen LogP contribution is 2.23. The first-order valence-electron chi connectivity index (χ1n) is 9.45. The van der Waals surface area contributed by atoms with Crippen molar-refractivity contribution in [2.45, 2.75) is 19.5 Å². The Labute approximate surface area is 175 Å². The SMILES string of the molecule is Clc1ccc(CCNCc2cn(Cc3ccc(Cl)cc3)c3ccccc23)cc1. The predicted molar refractivity (Wildman–Crippen MR) is 119 cm³/mol. The molecule has 1 aromatic heterocycles. The zero-order valence-corrected chi connectivity index (χ0v) is 17.0. The average molecular weight is 409 g/mol. The number of nitrogens with one attached hydrogen (secondary N) is 1. The summed E-state index contributed by atoms with van der Waals surface area (Å²) in [4.78, 5) is 0. The summed E-state index contributed by atoms with van der Waals surface area (Å²) in [6, 6.07) is 24.7. The van der Waals surface area contributed by atoms with Gasteiger partial charge in [-0.3, -0.25) is 0 Å². The van der Waals surface area contributed by atoms with Gasteiger partial charge in [0.15, 0.2) is 0 Å². The molecule has 0 unspecified atom stereocenters. The van der Waals surface area contributed by atoms with Crippen LogP contribution in [0.5, 0.6) is 0 Å². The molecule has 3 aromatic carbocycles. The first-order valence-corrected chi connectivity index (χ1v) is 10.2. The van der Waals surface area contributed by atoms with Crippen LogP contribution in [0.1, 0.15) is 16.7 Å². The molecule has 1 N–H and O–H groups in total. The van der Waals surface area contributed by atoms with Gasteiger partial charge in [-0.15, -0.1) is 0 Å². The van der Waals surface area contributed by atoms with E-state index in [0.29, 0.717) is 0 Å². The molecule has 0 aliphatic carbocycles. The fraction of sp³-hybridized carbons (Fsp3) is 0.167. The van der Waals surface area contributed by atoms with Gasteiger partial charge in [-0.2, -0.15) is 0 Å². The molecule has 142 valence electrons. The Morgan fingerprint density at radius 1 is 0.750 bits per heavy atom. The number of halogens is 2. The zero-order chi connectivity index (χ0) is 19.3. The first kappa shape index (κ1) is 19.1. The molecule has 0 fully saturated rings. The third-order valence-electron chi connectivity index (χ3n) is 4.96. The van der Waals surface area contributed by atoms with Crippen molar-refractivity contribution in [2.24, 2.45) is 0 Å². The van der Waals surface area contributed by atoms with Crippen molar-refractivity contribution in [3.63, 3.8) is 0 Å². The van der Waals surface area contributed by atoms with Gasteiger partial charge in [-0.25, -0.2) is 0 Å². The largest absolute Gasteiger partial charge is 0.343 e. The molecule has 0 saturated heterocycles. The van der Waals surface area contributed by atoms with Gasteiger partial charge in [0.25, 0.3) is 0 Å². The highest BCUT2D eigenvalue weighted by molar-refractivity contribution is 6.30. The molecule has 1 heterocycles. The minimum Gasteiger partial charge on any atom is -0.343 e. The molecule has 0 atom stereocenters. The van der Waals surface area contributed by atoms with Gasteiger partial charge < -0.3 is 9.88 Å². The molecule has 0 spiro atoms. The lowest BCUT2D eigenvalue weighted by Crippen LogP contribution is -2.16. The minimum atomic E-state index is 0.770. The van der Waals surface area contributed by atoms with E-state index in [4.69, 9.17) is 23.2 Å². The van der Waals surface area contributed by atoms with Gasteiger partial charge in [0.1, 0.15) is 0 Å². The van der Waals surface area contributed by atoms with Gasteiger partial charge in [-0.1, -0.05) is 65.7 Å². The van der Waals surface area contributed by atoms with E-state index in [-0.39, 0.29) is 0 Å². The van der Waals surface area contributed by atoms with Crippen molar-refractivity contribution in [3.05, 3.63) is 106 Å². The molecular weight excluding hydrogens is 387 g/mol. The van der Waals surface area contributed by atoms with Crippen LogP contribution in [0.2, 0.25) is 10.0 Å². The Morgan fingerprint density at radius 3 is 2.11 bits per heavy atom. The lowest BCUT2D eigenvalue weighted by atomic mass is 10.1. The molecule has 28 heavy (non-hydrogen) atoms. The fourth-order valence-electron chi connectivity index (χ4n) is 3.49. The molecule has 2 nitrogen and oxygen atoms in total. The highest BCUT2D eigenvalue weighted by atomic mass is 35.5. The maximum atomic E-state index is 6.02. The van der Waals surface area contributed by atoms with Crippen molar-refractivity contribution in [3.8, 4) is 0 Å². The average Bonchev–Trinajstić information content (AvgIpc) is 3.06. The summed E-state index contributed by atoms with van der Waals surface area (Å²) in [6.45, 7) is 2.61. The molecule has 0 bridgehead atoms. The lowest BCUT2D eigenvalue weighted by molar-refractivity contribution is 0.686. The minimum absolute atomic E-state index is 0.770. The van der Waals surface area contributed by atoms with Gasteiger partial charge >= 0.3 is 0 Å². The molecule has 0 saturated carbocycles. The van der Waals surface area contributed by atoms with E-state index < -0.39 is 0 Å². The number of nitrogens with zero attached hydrogens (tertiary/aromatic N) is 1. The Morgan fingerprint density at radius 2 is 1.39 bits per heavy atom. The molecule has 4 rings (SSSR count). The maximum absolute atomic E-state index is 6.02. The molecule has 4 aromatic rings. The maximum Gasteiger partial charge on any atom is 0.0486 e. The smallest absolute Gasteiger partial charge is 0.0486 e. The van der Waals surface area contributed by atoms with Gasteiger partial charge in [0, 0.05) is 40.2 Å². The van der Waals surface area contributed by atoms with Gasteiger partial charge in [0.05, 0.1) is 0 Å². The Balaban J connectivity index is 1.45. The Kier molecular flexibility index (Phi) is 6.01. The molecule has 0 aliphatic heterocycles.